The predicted octanol–water partition coefficient (Wildman–Crippen LogP) is 4.20. The number of nitrogens with one attached hydrogen (secondary N) is 2. The van der Waals surface area contributed by atoms with Crippen LogP contribution in [0.1, 0.15) is 23.2 Å². The van der Waals surface area contributed by atoms with Gasteiger partial charge in [-0.2, -0.15) is 0 Å². The molecule has 1 aromatic heterocycles. The van der Waals surface area contributed by atoms with Gasteiger partial charge in [0.15, 0.2) is 0 Å². The Bertz CT molecular complexity index is 1070. The number of ether oxygens (including phenoxy) is 1. The number of aromatic nitrogens is 1. The summed E-state index contributed by atoms with van der Waals surface area (Å²) in [6.45, 7) is 1.54. The average Bonchev–Trinajstić information content (AvgIpc) is 2.85. The Labute approximate surface area is 187 Å². The summed E-state index contributed by atoms with van der Waals surface area (Å²) < 4.78 is 5.27. The Morgan fingerprint density at radius 2 is 1.78 bits per heavy atom. The second kappa shape index (κ2) is 9.96. The highest BCUT2D eigenvalue weighted by atomic mass is 16.5. The van der Waals surface area contributed by atoms with Gasteiger partial charge < -0.3 is 20.3 Å². The molecule has 3 aromatic rings. The van der Waals surface area contributed by atoms with E-state index in [9.17, 15) is 9.59 Å². The van der Waals surface area contributed by atoms with Crippen molar-refractivity contribution >= 4 is 29.0 Å². The van der Waals surface area contributed by atoms with Gasteiger partial charge in [-0.25, -0.2) is 4.98 Å². The highest BCUT2D eigenvalue weighted by molar-refractivity contribution is 6.05. The van der Waals surface area contributed by atoms with Crippen molar-refractivity contribution in [3.63, 3.8) is 0 Å². The van der Waals surface area contributed by atoms with Crippen LogP contribution in [0.5, 0.6) is 5.75 Å². The van der Waals surface area contributed by atoms with Crippen LogP contribution in [0.4, 0.5) is 17.2 Å². The number of nitrogens with zero attached hydrogens (tertiary/aromatic N) is 2. The lowest BCUT2D eigenvalue weighted by Crippen LogP contribution is -2.41. The largest absolute Gasteiger partial charge is 0.495 e. The van der Waals surface area contributed by atoms with Gasteiger partial charge in [0, 0.05) is 30.5 Å². The van der Waals surface area contributed by atoms with Crippen molar-refractivity contribution in [2.24, 2.45) is 5.92 Å². The minimum absolute atomic E-state index is 0.0168. The molecular formula is C25H26N4O3. The number of rotatable bonds is 6. The first-order chi connectivity index (χ1) is 15.6. The molecular weight excluding hydrogens is 404 g/mol. The third-order valence-electron chi connectivity index (χ3n) is 5.54. The molecule has 7 nitrogen and oxygen atoms in total. The van der Waals surface area contributed by atoms with E-state index in [1.165, 1.54) is 0 Å². The Balaban J connectivity index is 1.36. The van der Waals surface area contributed by atoms with E-state index in [0.29, 0.717) is 29.2 Å². The van der Waals surface area contributed by atoms with Crippen LogP contribution in [0.15, 0.2) is 72.9 Å². The predicted molar refractivity (Wildman–Crippen MR) is 125 cm³/mol. The van der Waals surface area contributed by atoms with Gasteiger partial charge in [-0.05, 0) is 61.4 Å². The molecule has 2 heterocycles. The molecule has 1 saturated heterocycles. The highest BCUT2D eigenvalue weighted by Gasteiger charge is 2.26. The Kier molecular flexibility index (Phi) is 6.65. The second-order valence-corrected chi connectivity index (χ2v) is 7.69. The molecule has 32 heavy (non-hydrogen) atoms. The zero-order chi connectivity index (χ0) is 22.3. The molecule has 2 amide bonds. The molecule has 0 saturated carbocycles. The van der Waals surface area contributed by atoms with E-state index in [1.54, 1.807) is 49.7 Å². The maximum absolute atomic E-state index is 12.8. The van der Waals surface area contributed by atoms with Gasteiger partial charge in [-0.1, -0.05) is 18.2 Å². The van der Waals surface area contributed by atoms with E-state index in [-0.39, 0.29) is 17.7 Å². The van der Waals surface area contributed by atoms with Gasteiger partial charge >= 0.3 is 0 Å². The number of carbonyl (C=O) groups is 2. The standard InChI is InChI=1S/C25H26N4O3/c1-32-22-9-3-2-8-21(22)28-24(30)18-11-13-20(14-12-18)27-25(31)19-7-6-16-29(17-19)23-10-4-5-15-26-23/h2-5,8-15,19H,6-7,16-17H2,1H3,(H,27,31)(H,28,30)/t19-/m1/s1. The molecule has 2 N–H and O–H groups in total. The van der Waals surface area contributed by atoms with Crippen LogP contribution in [-0.2, 0) is 4.79 Å². The van der Waals surface area contributed by atoms with Crippen LogP contribution in [0.3, 0.4) is 0 Å². The molecule has 1 aliphatic heterocycles. The fourth-order valence-corrected chi connectivity index (χ4v) is 3.83. The highest BCUT2D eigenvalue weighted by Crippen LogP contribution is 2.25. The number of pyridine rings is 1. The van der Waals surface area contributed by atoms with Crippen molar-refractivity contribution in [3.8, 4) is 5.75 Å². The van der Waals surface area contributed by atoms with Crippen LogP contribution in [0.25, 0.3) is 0 Å². The van der Waals surface area contributed by atoms with E-state index in [0.717, 1.165) is 25.2 Å². The van der Waals surface area contributed by atoms with Crippen LogP contribution >= 0.6 is 0 Å². The van der Waals surface area contributed by atoms with Crippen LogP contribution < -0.4 is 20.3 Å². The maximum Gasteiger partial charge on any atom is 0.255 e. The second-order valence-electron chi connectivity index (χ2n) is 7.69. The fraction of sp³-hybridized carbons (Fsp3) is 0.240. The maximum atomic E-state index is 12.8. The molecule has 2 aromatic carbocycles. The summed E-state index contributed by atoms with van der Waals surface area (Å²) in [5.74, 6) is 1.12. The summed E-state index contributed by atoms with van der Waals surface area (Å²) in [4.78, 5) is 31.9. The minimum atomic E-state index is -0.245. The molecule has 1 aliphatic rings. The van der Waals surface area contributed by atoms with Crippen LogP contribution in [0, 0.1) is 5.92 Å². The number of carbonyl (C=O) groups excluding carboxylic acids is 2. The molecule has 4 rings (SSSR count). The zero-order valence-corrected chi connectivity index (χ0v) is 18.0. The van der Waals surface area contributed by atoms with Crippen molar-refractivity contribution in [3.05, 3.63) is 78.5 Å². The molecule has 1 fully saturated rings. The Hall–Kier alpha value is -3.87. The van der Waals surface area contributed by atoms with Crippen molar-refractivity contribution in [1.29, 1.82) is 0 Å². The number of methoxy groups -OCH3 is 1. The van der Waals surface area contributed by atoms with E-state index in [4.69, 9.17) is 4.74 Å². The van der Waals surface area contributed by atoms with E-state index in [1.807, 2.05) is 30.3 Å². The SMILES string of the molecule is COc1ccccc1NC(=O)c1ccc(NC(=O)[C@@H]2CCCN(c3ccccn3)C2)cc1. The first kappa shape index (κ1) is 21.4. The summed E-state index contributed by atoms with van der Waals surface area (Å²) in [5.41, 5.74) is 1.76. The molecule has 164 valence electrons. The van der Waals surface area contributed by atoms with Crippen molar-refractivity contribution in [2.75, 3.05) is 35.7 Å². The summed E-state index contributed by atoms with van der Waals surface area (Å²) >= 11 is 0. The number of para-hydroxylation sites is 2. The molecule has 1 atom stereocenters. The lowest BCUT2D eigenvalue weighted by molar-refractivity contribution is -0.120. The van der Waals surface area contributed by atoms with Crippen molar-refractivity contribution < 1.29 is 14.3 Å². The smallest absolute Gasteiger partial charge is 0.255 e. The minimum Gasteiger partial charge on any atom is -0.495 e. The number of piperidine rings is 1. The normalized spacial score (nSPS) is 15.7. The summed E-state index contributed by atoms with van der Waals surface area (Å²) in [5, 5.41) is 5.83. The van der Waals surface area contributed by atoms with Crippen molar-refractivity contribution in [2.45, 2.75) is 12.8 Å². The number of anilines is 3. The molecule has 0 spiro atoms. The quantitative estimate of drug-likeness (QED) is 0.612. The van der Waals surface area contributed by atoms with E-state index >= 15 is 0 Å². The van der Waals surface area contributed by atoms with Gasteiger partial charge in [-0.3, -0.25) is 9.59 Å². The Morgan fingerprint density at radius 1 is 1.00 bits per heavy atom. The summed E-state index contributed by atoms with van der Waals surface area (Å²) in [6, 6.07) is 19.9. The topological polar surface area (TPSA) is 83.6 Å². The first-order valence-electron chi connectivity index (χ1n) is 10.7. The number of hydrogen-bond donors (Lipinski definition) is 2. The molecule has 0 unspecified atom stereocenters. The molecule has 7 heteroatoms. The number of benzene rings is 2. The zero-order valence-electron chi connectivity index (χ0n) is 18.0. The lowest BCUT2D eigenvalue weighted by Gasteiger charge is -2.32. The number of amides is 2. The van der Waals surface area contributed by atoms with Gasteiger partial charge in [0.05, 0.1) is 18.7 Å². The average molecular weight is 431 g/mol. The van der Waals surface area contributed by atoms with Crippen LogP contribution in [-0.4, -0.2) is 37.0 Å². The van der Waals surface area contributed by atoms with Crippen LogP contribution in [0.2, 0.25) is 0 Å². The third kappa shape index (κ3) is 5.06. The fourth-order valence-electron chi connectivity index (χ4n) is 3.83. The monoisotopic (exact) mass is 430 g/mol. The Morgan fingerprint density at radius 3 is 2.53 bits per heavy atom. The van der Waals surface area contributed by atoms with Gasteiger partial charge in [-0.15, -0.1) is 0 Å². The molecule has 0 aliphatic carbocycles. The molecule has 0 radical (unpaired) electrons. The van der Waals surface area contributed by atoms with E-state index in [2.05, 4.69) is 20.5 Å². The van der Waals surface area contributed by atoms with Gasteiger partial charge in [0.25, 0.3) is 5.91 Å². The summed E-state index contributed by atoms with van der Waals surface area (Å²) in [7, 11) is 1.56. The van der Waals surface area contributed by atoms with Crippen molar-refractivity contribution in [1.82, 2.24) is 4.98 Å². The first-order valence-corrected chi connectivity index (χ1v) is 10.7. The van der Waals surface area contributed by atoms with Gasteiger partial charge in [0.1, 0.15) is 11.6 Å². The third-order valence-corrected chi connectivity index (χ3v) is 5.54. The van der Waals surface area contributed by atoms with E-state index < -0.39 is 0 Å². The molecule has 0 bridgehead atoms. The van der Waals surface area contributed by atoms with Gasteiger partial charge in [0.2, 0.25) is 5.91 Å². The number of hydrogen-bond acceptors (Lipinski definition) is 5. The summed E-state index contributed by atoms with van der Waals surface area (Å²) in [6.07, 6.45) is 3.55. The lowest BCUT2D eigenvalue weighted by atomic mass is 9.97.